The number of hydrogen-bond acceptors (Lipinski definition) is 4. The van der Waals surface area contributed by atoms with Crippen LogP contribution in [0, 0.1) is 5.92 Å². The first-order valence-corrected chi connectivity index (χ1v) is 7.26. The number of aromatic nitrogens is 2. The van der Waals surface area contributed by atoms with Crippen molar-refractivity contribution in [1.29, 1.82) is 0 Å². The molecule has 0 radical (unpaired) electrons. The molecule has 1 atom stereocenters. The molecule has 2 aliphatic rings. The quantitative estimate of drug-likeness (QED) is 0.896. The van der Waals surface area contributed by atoms with Crippen LogP contribution >= 0.6 is 0 Å². The Bertz CT molecular complexity index is 583. The van der Waals surface area contributed by atoms with Gasteiger partial charge in [-0.05, 0) is 45.6 Å². The average Bonchev–Trinajstić information content (AvgIpc) is 3.27. The summed E-state index contributed by atoms with van der Waals surface area (Å²) in [7, 11) is 0. The molecule has 1 saturated carbocycles. The molecule has 0 spiro atoms. The number of nitrogens with zero attached hydrogens (tertiary/aromatic N) is 3. The summed E-state index contributed by atoms with van der Waals surface area (Å²) in [5.74, 6) is 0.624. The molecule has 0 aromatic carbocycles. The van der Waals surface area contributed by atoms with E-state index in [4.69, 9.17) is 0 Å². The van der Waals surface area contributed by atoms with Crippen molar-refractivity contribution in [2.75, 3.05) is 0 Å². The maximum absolute atomic E-state index is 12.8. The van der Waals surface area contributed by atoms with Gasteiger partial charge in [0, 0.05) is 12.4 Å². The van der Waals surface area contributed by atoms with Gasteiger partial charge in [0.25, 0.3) is 0 Å². The molecule has 1 aromatic rings. The van der Waals surface area contributed by atoms with Crippen molar-refractivity contribution in [3.8, 4) is 0 Å². The summed E-state index contributed by atoms with van der Waals surface area (Å²) >= 11 is 0. The molecule has 3 rings (SSSR count). The van der Waals surface area contributed by atoms with Crippen LogP contribution in [-0.4, -0.2) is 37.8 Å². The van der Waals surface area contributed by atoms with E-state index in [2.05, 4.69) is 15.3 Å². The van der Waals surface area contributed by atoms with Gasteiger partial charge >= 0.3 is 0 Å². The normalized spacial score (nSPS) is 28.4. The summed E-state index contributed by atoms with van der Waals surface area (Å²) in [5, 5.41) is 2.86. The third kappa shape index (κ3) is 2.18. The van der Waals surface area contributed by atoms with Gasteiger partial charge in [-0.1, -0.05) is 0 Å². The molecular formula is C15H20N4O2. The lowest BCUT2D eigenvalue weighted by molar-refractivity contribution is -0.163. The predicted octanol–water partition coefficient (Wildman–Crippen LogP) is 0.882. The Morgan fingerprint density at radius 2 is 1.86 bits per heavy atom. The molecule has 2 amide bonds. The minimum absolute atomic E-state index is 0.0782. The van der Waals surface area contributed by atoms with Crippen LogP contribution in [0.5, 0.6) is 0 Å². The lowest BCUT2D eigenvalue weighted by Gasteiger charge is -2.49. The van der Waals surface area contributed by atoms with Crippen LogP contribution in [0.1, 0.15) is 39.4 Å². The zero-order chi connectivity index (χ0) is 15.3. The third-order valence-corrected chi connectivity index (χ3v) is 4.52. The van der Waals surface area contributed by atoms with Crippen LogP contribution < -0.4 is 5.32 Å². The van der Waals surface area contributed by atoms with Crippen molar-refractivity contribution < 1.29 is 9.59 Å². The number of carbonyl (C=O) groups excluding carboxylic acids is 2. The van der Waals surface area contributed by atoms with E-state index in [0.717, 1.165) is 12.8 Å². The highest BCUT2D eigenvalue weighted by Gasteiger charge is 2.59. The van der Waals surface area contributed by atoms with E-state index in [9.17, 15) is 9.59 Å². The van der Waals surface area contributed by atoms with Crippen LogP contribution in [0.15, 0.2) is 18.5 Å². The predicted molar refractivity (Wildman–Crippen MR) is 75.9 cm³/mol. The summed E-state index contributed by atoms with van der Waals surface area (Å²) in [6.07, 6.45) is 5.25. The zero-order valence-electron chi connectivity index (χ0n) is 12.6. The fourth-order valence-electron chi connectivity index (χ4n) is 2.98. The van der Waals surface area contributed by atoms with Gasteiger partial charge in [0.2, 0.25) is 11.8 Å². The summed E-state index contributed by atoms with van der Waals surface area (Å²) < 4.78 is 0. The Morgan fingerprint density at radius 1 is 1.24 bits per heavy atom. The van der Waals surface area contributed by atoms with E-state index < -0.39 is 11.1 Å². The molecule has 1 unspecified atom stereocenters. The van der Waals surface area contributed by atoms with Gasteiger partial charge < -0.3 is 10.2 Å². The third-order valence-electron chi connectivity index (χ3n) is 4.52. The smallest absolute Gasteiger partial charge is 0.249 e. The maximum atomic E-state index is 12.8. The fraction of sp³-hybridized carbons (Fsp3) is 0.600. The lowest BCUT2D eigenvalue weighted by atomic mass is 9.84. The van der Waals surface area contributed by atoms with Gasteiger partial charge in [-0.25, -0.2) is 9.97 Å². The van der Waals surface area contributed by atoms with Crippen molar-refractivity contribution >= 4 is 11.8 Å². The second kappa shape index (κ2) is 4.51. The number of carbonyl (C=O) groups is 2. The molecule has 0 bridgehead atoms. The van der Waals surface area contributed by atoms with Gasteiger partial charge in [-0.2, -0.15) is 0 Å². The standard InChI is InChI=1S/C15H20N4O2/c1-14(2)13(21)19(9-11-16-7-4-8-17-11)15(3,10-5-6-10)12(20)18-14/h4,7-8,10H,5-6,9H2,1-3H3,(H,18,20). The van der Waals surface area contributed by atoms with Gasteiger partial charge in [0.1, 0.15) is 16.9 Å². The largest absolute Gasteiger partial charge is 0.340 e. The molecule has 1 aliphatic carbocycles. The highest BCUT2D eigenvalue weighted by molar-refractivity contribution is 6.02. The average molecular weight is 288 g/mol. The number of hydrogen-bond donors (Lipinski definition) is 1. The van der Waals surface area contributed by atoms with Crippen LogP contribution in [0.2, 0.25) is 0 Å². The van der Waals surface area contributed by atoms with Crippen molar-refractivity contribution in [1.82, 2.24) is 20.2 Å². The fourth-order valence-corrected chi connectivity index (χ4v) is 2.98. The molecule has 2 fully saturated rings. The molecule has 6 nitrogen and oxygen atoms in total. The number of rotatable bonds is 3. The zero-order valence-corrected chi connectivity index (χ0v) is 12.6. The Morgan fingerprint density at radius 3 is 2.43 bits per heavy atom. The van der Waals surface area contributed by atoms with E-state index in [1.165, 1.54) is 0 Å². The van der Waals surface area contributed by atoms with E-state index in [0.29, 0.717) is 5.82 Å². The van der Waals surface area contributed by atoms with Crippen LogP contribution in [0.25, 0.3) is 0 Å². The Balaban J connectivity index is 1.98. The lowest BCUT2D eigenvalue weighted by Crippen LogP contribution is -2.73. The molecule has 112 valence electrons. The Labute approximate surface area is 124 Å². The summed E-state index contributed by atoms with van der Waals surface area (Å²) in [4.78, 5) is 35.5. The number of amides is 2. The van der Waals surface area contributed by atoms with E-state index >= 15 is 0 Å². The first-order valence-electron chi connectivity index (χ1n) is 7.26. The highest BCUT2D eigenvalue weighted by Crippen LogP contribution is 2.46. The number of piperazine rings is 1. The minimum Gasteiger partial charge on any atom is -0.340 e. The second-order valence-corrected chi connectivity index (χ2v) is 6.56. The molecule has 1 saturated heterocycles. The highest BCUT2D eigenvalue weighted by atomic mass is 16.2. The Hall–Kier alpha value is -1.98. The van der Waals surface area contributed by atoms with Gasteiger partial charge in [0.15, 0.2) is 0 Å². The van der Waals surface area contributed by atoms with Gasteiger partial charge in [0.05, 0.1) is 6.54 Å². The van der Waals surface area contributed by atoms with Gasteiger partial charge in [-0.15, -0.1) is 0 Å². The topological polar surface area (TPSA) is 75.2 Å². The monoisotopic (exact) mass is 288 g/mol. The molecule has 1 aromatic heterocycles. The van der Waals surface area contributed by atoms with Crippen LogP contribution in [-0.2, 0) is 16.1 Å². The van der Waals surface area contributed by atoms with E-state index in [-0.39, 0.29) is 24.3 Å². The first kappa shape index (κ1) is 14.0. The first-order chi connectivity index (χ1) is 9.85. The van der Waals surface area contributed by atoms with Crippen molar-refractivity contribution in [3.05, 3.63) is 24.3 Å². The van der Waals surface area contributed by atoms with Crippen molar-refractivity contribution in [3.63, 3.8) is 0 Å². The molecule has 1 N–H and O–H groups in total. The SMILES string of the molecule is CC1(C)NC(=O)C(C)(C2CC2)N(Cc2ncccn2)C1=O. The second-order valence-electron chi connectivity index (χ2n) is 6.56. The maximum Gasteiger partial charge on any atom is 0.249 e. The number of nitrogens with one attached hydrogen (secondary N) is 1. The molecule has 1 aliphatic heterocycles. The van der Waals surface area contributed by atoms with E-state index in [1.54, 1.807) is 37.2 Å². The Kier molecular flexibility index (Phi) is 3.00. The minimum atomic E-state index is -0.889. The van der Waals surface area contributed by atoms with Crippen LogP contribution in [0.3, 0.4) is 0 Å². The van der Waals surface area contributed by atoms with Crippen molar-refractivity contribution in [2.45, 2.75) is 51.2 Å². The molecular weight excluding hydrogens is 268 g/mol. The van der Waals surface area contributed by atoms with E-state index in [1.807, 2.05) is 6.92 Å². The summed E-state index contributed by atoms with van der Waals surface area (Å²) in [6.45, 7) is 5.59. The summed E-state index contributed by atoms with van der Waals surface area (Å²) in [5.41, 5.74) is -1.69. The van der Waals surface area contributed by atoms with Gasteiger partial charge in [-0.3, -0.25) is 9.59 Å². The van der Waals surface area contributed by atoms with Crippen molar-refractivity contribution in [2.24, 2.45) is 5.92 Å². The summed E-state index contributed by atoms with van der Waals surface area (Å²) in [6, 6.07) is 1.73. The molecule has 6 heteroatoms. The molecule has 2 heterocycles. The van der Waals surface area contributed by atoms with Crippen LogP contribution in [0.4, 0.5) is 0 Å². The molecule has 21 heavy (non-hydrogen) atoms.